The monoisotopic (exact) mass is 296 g/mol. The van der Waals surface area contributed by atoms with E-state index >= 15 is 0 Å². The minimum absolute atomic E-state index is 0.214. The standard InChI is InChI=1S/C16H16N4O2/c1-9-7-14(19-22-9)18-16(21)11-5-6-13-12(8-11)17-15(20(13)2)10-3-4-10/h5-8,10H,3-4H2,1-2H3,(H,18,19,21). The lowest BCUT2D eigenvalue weighted by molar-refractivity contribution is 0.102. The van der Waals surface area contributed by atoms with Crippen LogP contribution in [-0.2, 0) is 7.05 Å². The molecule has 0 unspecified atom stereocenters. The molecular formula is C16H16N4O2. The van der Waals surface area contributed by atoms with E-state index in [2.05, 4.69) is 20.0 Å². The van der Waals surface area contributed by atoms with Gasteiger partial charge in [-0.05, 0) is 38.0 Å². The number of aryl methyl sites for hydroxylation is 2. The van der Waals surface area contributed by atoms with Gasteiger partial charge in [-0.3, -0.25) is 4.79 Å². The topological polar surface area (TPSA) is 73.0 Å². The van der Waals surface area contributed by atoms with Gasteiger partial charge in [0.25, 0.3) is 5.91 Å². The number of benzene rings is 1. The van der Waals surface area contributed by atoms with E-state index in [4.69, 9.17) is 4.52 Å². The minimum Gasteiger partial charge on any atom is -0.360 e. The number of carbonyl (C=O) groups excluding carboxylic acids is 1. The van der Waals surface area contributed by atoms with Gasteiger partial charge in [0.1, 0.15) is 11.6 Å². The Kier molecular flexibility index (Phi) is 2.79. The number of nitrogens with zero attached hydrogens (tertiary/aromatic N) is 3. The third-order valence-corrected chi connectivity index (χ3v) is 3.99. The number of nitrogens with one attached hydrogen (secondary N) is 1. The molecule has 0 radical (unpaired) electrons. The van der Waals surface area contributed by atoms with Crippen molar-refractivity contribution in [3.63, 3.8) is 0 Å². The van der Waals surface area contributed by atoms with Crippen molar-refractivity contribution in [2.45, 2.75) is 25.7 Å². The largest absolute Gasteiger partial charge is 0.360 e. The summed E-state index contributed by atoms with van der Waals surface area (Å²) in [6.45, 7) is 1.78. The van der Waals surface area contributed by atoms with Crippen LogP contribution in [0.15, 0.2) is 28.8 Å². The number of rotatable bonds is 3. The van der Waals surface area contributed by atoms with Crippen LogP contribution in [0.4, 0.5) is 5.82 Å². The van der Waals surface area contributed by atoms with Gasteiger partial charge in [-0.25, -0.2) is 4.98 Å². The summed E-state index contributed by atoms with van der Waals surface area (Å²) in [5, 5.41) is 6.49. The number of hydrogen-bond donors (Lipinski definition) is 1. The van der Waals surface area contributed by atoms with Gasteiger partial charge in [0.2, 0.25) is 0 Å². The van der Waals surface area contributed by atoms with Gasteiger partial charge in [-0.2, -0.15) is 0 Å². The van der Waals surface area contributed by atoms with Gasteiger partial charge in [0.05, 0.1) is 11.0 Å². The minimum atomic E-state index is -0.214. The number of amides is 1. The van der Waals surface area contributed by atoms with E-state index < -0.39 is 0 Å². The number of anilines is 1. The van der Waals surface area contributed by atoms with Crippen molar-refractivity contribution in [2.24, 2.45) is 7.05 Å². The summed E-state index contributed by atoms with van der Waals surface area (Å²) in [5.74, 6) is 2.55. The lowest BCUT2D eigenvalue weighted by Crippen LogP contribution is -2.11. The first-order valence-electron chi connectivity index (χ1n) is 7.33. The SMILES string of the molecule is Cc1cc(NC(=O)c2ccc3c(c2)nc(C2CC2)n3C)no1. The van der Waals surface area contributed by atoms with E-state index in [1.807, 2.05) is 25.2 Å². The quantitative estimate of drug-likeness (QED) is 0.806. The molecule has 1 fully saturated rings. The van der Waals surface area contributed by atoms with E-state index in [1.54, 1.807) is 13.0 Å². The Hall–Kier alpha value is -2.63. The third kappa shape index (κ3) is 2.16. The third-order valence-electron chi connectivity index (χ3n) is 3.99. The molecule has 1 aliphatic carbocycles. The maximum atomic E-state index is 12.3. The fourth-order valence-corrected chi connectivity index (χ4v) is 2.68. The molecule has 0 saturated heterocycles. The van der Waals surface area contributed by atoms with E-state index in [0.717, 1.165) is 16.9 Å². The van der Waals surface area contributed by atoms with Crippen LogP contribution in [0.25, 0.3) is 11.0 Å². The predicted molar refractivity (Wildman–Crippen MR) is 81.9 cm³/mol. The van der Waals surface area contributed by atoms with Crippen molar-refractivity contribution >= 4 is 22.8 Å². The highest BCUT2D eigenvalue weighted by Gasteiger charge is 2.28. The zero-order chi connectivity index (χ0) is 15.3. The predicted octanol–water partition coefficient (Wildman–Crippen LogP) is 3.00. The zero-order valence-electron chi connectivity index (χ0n) is 12.5. The molecule has 4 rings (SSSR count). The Balaban J connectivity index is 1.65. The van der Waals surface area contributed by atoms with E-state index in [9.17, 15) is 4.79 Å². The smallest absolute Gasteiger partial charge is 0.256 e. The number of aromatic nitrogens is 3. The average molecular weight is 296 g/mol. The molecule has 0 atom stereocenters. The van der Waals surface area contributed by atoms with E-state index in [0.29, 0.717) is 23.1 Å². The highest BCUT2D eigenvalue weighted by Crippen LogP contribution is 2.40. The molecule has 112 valence electrons. The molecule has 2 heterocycles. The van der Waals surface area contributed by atoms with E-state index in [1.165, 1.54) is 12.8 Å². The molecule has 1 aliphatic rings. The Morgan fingerprint density at radius 3 is 2.86 bits per heavy atom. The van der Waals surface area contributed by atoms with Gasteiger partial charge in [0, 0.05) is 24.6 Å². The lowest BCUT2D eigenvalue weighted by atomic mass is 10.2. The second-order valence-electron chi connectivity index (χ2n) is 5.78. The Morgan fingerprint density at radius 2 is 2.18 bits per heavy atom. The van der Waals surface area contributed by atoms with Crippen LogP contribution in [-0.4, -0.2) is 20.6 Å². The van der Waals surface area contributed by atoms with Gasteiger partial charge < -0.3 is 14.4 Å². The van der Waals surface area contributed by atoms with Crippen LogP contribution in [0.1, 0.15) is 40.7 Å². The Bertz CT molecular complexity index is 874. The summed E-state index contributed by atoms with van der Waals surface area (Å²) >= 11 is 0. The molecule has 1 saturated carbocycles. The Labute approximate surface area is 127 Å². The average Bonchev–Trinajstić information content (AvgIpc) is 3.19. The normalized spacial score (nSPS) is 14.5. The van der Waals surface area contributed by atoms with E-state index in [-0.39, 0.29) is 5.91 Å². The zero-order valence-corrected chi connectivity index (χ0v) is 12.5. The number of hydrogen-bond acceptors (Lipinski definition) is 4. The molecule has 22 heavy (non-hydrogen) atoms. The van der Waals surface area contributed by atoms with Crippen molar-refractivity contribution < 1.29 is 9.32 Å². The molecule has 1 N–H and O–H groups in total. The number of carbonyl (C=O) groups is 1. The van der Waals surface area contributed by atoms with Crippen LogP contribution in [0.5, 0.6) is 0 Å². The molecule has 1 amide bonds. The fourth-order valence-electron chi connectivity index (χ4n) is 2.68. The van der Waals surface area contributed by atoms with Gasteiger partial charge in [-0.1, -0.05) is 5.16 Å². The van der Waals surface area contributed by atoms with Crippen LogP contribution < -0.4 is 5.32 Å². The van der Waals surface area contributed by atoms with Crippen molar-refractivity contribution in [3.8, 4) is 0 Å². The summed E-state index contributed by atoms with van der Waals surface area (Å²) in [4.78, 5) is 17.0. The van der Waals surface area contributed by atoms with Crippen molar-refractivity contribution in [2.75, 3.05) is 5.32 Å². The molecule has 0 aliphatic heterocycles. The second-order valence-corrected chi connectivity index (χ2v) is 5.78. The second kappa shape index (κ2) is 4.69. The first-order chi connectivity index (χ1) is 10.6. The summed E-state index contributed by atoms with van der Waals surface area (Å²) in [6, 6.07) is 7.26. The summed E-state index contributed by atoms with van der Waals surface area (Å²) in [6.07, 6.45) is 2.41. The van der Waals surface area contributed by atoms with Crippen molar-refractivity contribution in [1.29, 1.82) is 0 Å². The maximum Gasteiger partial charge on any atom is 0.256 e. The molecule has 0 spiro atoms. The van der Waals surface area contributed by atoms with Gasteiger partial charge in [-0.15, -0.1) is 0 Å². The van der Waals surface area contributed by atoms with Gasteiger partial charge >= 0.3 is 0 Å². The highest BCUT2D eigenvalue weighted by molar-refractivity contribution is 6.05. The van der Waals surface area contributed by atoms with Crippen molar-refractivity contribution in [3.05, 3.63) is 41.4 Å². The molecule has 3 aromatic rings. The molecule has 2 aromatic heterocycles. The summed E-state index contributed by atoms with van der Waals surface area (Å²) in [5.41, 5.74) is 2.47. The van der Waals surface area contributed by atoms with Crippen LogP contribution in [0.3, 0.4) is 0 Å². The molecule has 0 bridgehead atoms. The van der Waals surface area contributed by atoms with Crippen molar-refractivity contribution in [1.82, 2.24) is 14.7 Å². The molecule has 6 nitrogen and oxygen atoms in total. The first-order valence-corrected chi connectivity index (χ1v) is 7.33. The summed E-state index contributed by atoms with van der Waals surface area (Å²) in [7, 11) is 2.03. The number of fused-ring (bicyclic) bond motifs is 1. The number of imidazole rings is 1. The van der Waals surface area contributed by atoms with Crippen LogP contribution >= 0.6 is 0 Å². The fraction of sp³-hybridized carbons (Fsp3) is 0.312. The van der Waals surface area contributed by atoms with Crippen LogP contribution in [0.2, 0.25) is 0 Å². The highest BCUT2D eigenvalue weighted by atomic mass is 16.5. The molecule has 1 aromatic carbocycles. The first kappa shape index (κ1) is 13.1. The molecular weight excluding hydrogens is 280 g/mol. The summed E-state index contributed by atoms with van der Waals surface area (Å²) < 4.78 is 7.06. The molecule has 6 heteroatoms. The Morgan fingerprint density at radius 1 is 1.36 bits per heavy atom. The maximum absolute atomic E-state index is 12.3. The van der Waals surface area contributed by atoms with Crippen LogP contribution in [0, 0.1) is 6.92 Å². The van der Waals surface area contributed by atoms with Gasteiger partial charge in [0.15, 0.2) is 5.82 Å². The lowest BCUT2D eigenvalue weighted by Gasteiger charge is -2.02.